The number of aryl methyl sites for hydroxylation is 1. The zero-order valence-corrected chi connectivity index (χ0v) is 19.8. The van der Waals surface area contributed by atoms with E-state index in [4.69, 9.17) is 11.6 Å². The molecule has 33 heavy (non-hydrogen) atoms. The zero-order valence-electron chi connectivity index (χ0n) is 18.2. The molecule has 0 aliphatic carbocycles. The number of hydrogen-bond donors (Lipinski definition) is 1. The number of fused-ring (bicyclic) bond motifs is 2. The number of halogens is 1. The van der Waals surface area contributed by atoms with Gasteiger partial charge in [0.1, 0.15) is 5.82 Å². The summed E-state index contributed by atoms with van der Waals surface area (Å²) in [5.74, 6) is 1.41. The molecule has 0 saturated carbocycles. The van der Waals surface area contributed by atoms with Crippen LogP contribution in [0.3, 0.4) is 0 Å². The molecule has 0 fully saturated rings. The first-order valence-corrected chi connectivity index (χ1v) is 13.2. The molecule has 2 aromatic carbocycles. The van der Waals surface area contributed by atoms with Crippen molar-refractivity contribution in [3.8, 4) is 11.4 Å². The van der Waals surface area contributed by atoms with Gasteiger partial charge < -0.3 is 9.88 Å². The Hall–Kier alpha value is -2.91. The summed E-state index contributed by atoms with van der Waals surface area (Å²) in [4.78, 5) is 12.9. The maximum atomic E-state index is 12.9. The summed E-state index contributed by atoms with van der Waals surface area (Å²) in [6.45, 7) is 1.24. The third kappa shape index (κ3) is 4.22. The van der Waals surface area contributed by atoms with Gasteiger partial charge in [0.25, 0.3) is 5.91 Å². The summed E-state index contributed by atoms with van der Waals surface area (Å²) in [5.41, 5.74) is 3.28. The average Bonchev–Trinajstić information content (AvgIpc) is 3.31. The molecule has 3 aromatic rings. The number of carbonyl (C=O) groups is 1. The molecule has 1 N–H and O–H groups in total. The molecule has 0 atom stereocenters. The highest BCUT2D eigenvalue weighted by molar-refractivity contribution is 7.92. The number of aromatic nitrogens is 3. The number of nitrogens with one attached hydrogen (secondary N) is 1. The summed E-state index contributed by atoms with van der Waals surface area (Å²) in [7, 11) is -3.33. The summed E-state index contributed by atoms with van der Waals surface area (Å²) >= 11 is 6.49. The van der Waals surface area contributed by atoms with Gasteiger partial charge in [0.05, 0.1) is 17.0 Å². The summed E-state index contributed by atoms with van der Waals surface area (Å²) in [5, 5.41) is 12.2. The number of sulfonamides is 1. The van der Waals surface area contributed by atoms with Crippen molar-refractivity contribution in [2.45, 2.75) is 38.6 Å². The molecular weight excluding hydrogens is 462 g/mol. The highest BCUT2D eigenvalue weighted by Gasteiger charge is 2.27. The number of benzene rings is 2. The van der Waals surface area contributed by atoms with Gasteiger partial charge in [0.2, 0.25) is 10.0 Å². The Bertz CT molecular complexity index is 1350. The first-order valence-electron chi connectivity index (χ1n) is 11.0. The second kappa shape index (κ2) is 8.46. The summed E-state index contributed by atoms with van der Waals surface area (Å²) in [6, 6.07) is 10.4. The molecule has 0 spiro atoms. The van der Waals surface area contributed by atoms with Gasteiger partial charge >= 0.3 is 0 Å². The number of amides is 1. The predicted molar refractivity (Wildman–Crippen MR) is 128 cm³/mol. The van der Waals surface area contributed by atoms with Crippen molar-refractivity contribution in [2.24, 2.45) is 0 Å². The topological polar surface area (TPSA) is 97.2 Å². The van der Waals surface area contributed by atoms with Crippen LogP contribution in [0.25, 0.3) is 11.4 Å². The molecule has 0 radical (unpaired) electrons. The highest BCUT2D eigenvalue weighted by Crippen LogP contribution is 2.33. The van der Waals surface area contributed by atoms with Gasteiger partial charge in [-0.05, 0) is 61.2 Å². The van der Waals surface area contributed by atoms with Crippen molar-refractivity contribution in [2.75, 3.05) is 22.4 Å². The normalized spacial score (nSPS) is 15.6. The standard InChI is InChI=1S/C23H24ClN5O3S/c1-33(31,32)29-12-10-15-13-16(6-9-20(15)29)23(30)25-17-7-8-19(24)18(14-17)22-27-26-21-5-3-2-4-11-28(21)22/h6-9,13-14H,2-5,10-12H2,1H3,(H,25,30). The Kier molecular flexibility index (Phi) is 5.62. The van der Waals surface area contributed by atoms with Crippen molar-refractivity contribution in [1.82, 2.24) is 14.8 Å². The van der Waals surface area contributed by atoms with E-state index in [0.717, 1.165) is 49.2 Å². The lowest BCUT2D eigenvalue weighted by Gasteiger charge is -2.16. The van der Waals surface area contributed by atoms with Crippen molar-refractivity contribution in [3.63, 3.8) is 0 Å². The van der Waals surface area contributed by atoms with E-state index in [2.05, 4.69) is 20.1 Å². The van der Waals surface area contributed by atoms with Crippen molar-refractivity contribution < 1.29 is 13.2 Å². The predicted octanol–water partition coefficient (Wildman–Crippen LogP) is 3.90. The number of hydrogen-bond acceptors (Lipinski definition) is 5. The molecule has 172 valence electrons. The maximum Gasteiger partial charge on any atom is 0.255 e. The van der Waals surface area contributed by atoms with Gasteiger partial charge in [-0.25, -0.2) is 8.42 Å². The van der Waals surface area contributed by atoms with E-state index in [1.165, 1.54) is 10.6 Å². The van der Waals surface area contributed by atoms with Crippen LogP contribution in [0.2, 0.25) is 5.02 Å². The van der Waals surface area contributed by atoms with E-state index in [1.54, 1.807) is 30.3 Å². The maximum absolute atomic E-state index is 12.9. The molecule has 0 unspecified atom stereocenters. The van der Waals surface area contributed by atoms with Crippen LogP contribution in [0, 0.1) is 0 Å². The molecule has 1 aromatic heterocycles. The Balaban J connectivity index is 1.40. The smallest absolute Gasteiger partial charge is 0.255 e. The minimum absolute atomic E-state index is 0.274. The lowest BCUT2D eigenvalue weighted by molar-refractivity contribution is 0.102. The third-order valence-corrected chi connectivity index (χ3v) is 7.68. The van der Waals surface area contributed by atoms with E-state index >= 15 is 0 Å². The first-order chi connectivity index (χ1) is 15.8. The lowest BCUT2D eigenvalue weighted by Crippen LogP contribution is -2.27. The second-order valence-electron chi connectivity index (χ2n) is 8.48. The Morgan fingerprint density at radius 3 is 2.70 bits per heavy atom. The van der Waals surface area contributed by atoms with Crippen LogP contribution >= 0.6 is 11.6 Å². The molecule has 1 amide bonds. The van der Waals surface area contributed by atoms with Gasteiger partial charge in [-0.1, -0.05) is 18.0 Å². The molecule has 0 bridgehead atoms. The Morgan fingerprint density at radius 2 is 1.88 bits per heavy atom. The molecule has 0 saturated heterocycles. The van der Waals surface area contributed by atoms with Gasteiger partial charge in [0, 0.05) is 36.3 Å². The van der Waals surface area contributed by atoms with E-state index < -0.39 is 10.0 Å². The molecule has 5 rings (SSSR count). The van der Waals surface area contributed by atoms with Crippen molar-refractivity contribution in [3.05, 3.63) is 58.4 Å². The molecule has 8 nitrogen and oxygen atoms in total. The molecule has 10 heteroatoms. The Labute approximate surface area is 197 Å². The quantitative estimate of drug-likeness (QED) is 0.604. The average molecular weight is 486 g/mol. The van der Waals surface area contributed by atoms with Crippen LogP contribution in [0.5, 0.6) is 0 Å². The highest BCUT2D eigenvalue weighted by atomic mass is 35.5. The fourth-order valence-electron chi connectivity index (χ4n) is 4.52. The van der Waals surface area contributed by atoms with Crippen molar-refractivity contribution >= 4 is 38.9 Å². The summed E-state index contributed by atoms with van der Waals surface area (Å²) < 4.78 is 27.4. The van der Waals surface area contributed by atoms with Crippen LogP contribution < -0.4 is 9.62 Å². The fourth-order valence-corrected chi connectivity index (χ4v) is 5.68. The van der Waals surface area contributed by atoms with Crippen LogP contribution in [-0.2, 0) is 29.4 Å². The van der Waals surface area contributed by atoms with E-state index in [0.29, 0.717) is 40.8 Å². The minimum atomic E-state index is -3.33. The third-order valence-electron chi connectivity index (χ3n) is 6.17. The van der Waals surface area contributed by atoms with Crippen LogP contribution in [0.4, 0.5) is 11.4 Å². The minimum Gasteiger partial charge on any atom is -0.322 e. The van der Waals surface area contributed by atoms with Crippen LogP contribution in [-0.4, -0.2) is 41.9 Å². The second-order valence-corrected chi connectivity index (χ2v) is 10.8. The molecular formula is C23H24ClN5O3S. The van der Waals surface area contributed by atoms with E-state index in [-0.39, 0.29) is 5.91 Å². The lowest BCUT2D eigenvalue weighted by atomic mass is 10.1. The molecule has 2 aliphatic heterocycles. The van der Waals surface area contributed by atoms with Gasteiger partial charge in [-0.3, -0.25) is 9.10 Å². The Morgan fingerprint density at radius 1 is 1.03 bits per heavy atom. The van der Waals surface area contributed by atoms with Crippen LogP contribution in [0.15, 0.2) is 36.4 Å². The number of rotatable bonds is 4. The monoisotopic (exact) mass is 485 g/mol. The number of anilines is 2. The van der Waals surface area contributed by atoms with Gasteiger partial charge in [-0.15, -0.1) is 10.2 Å². The fraction of sp³-hybridized carbons (Fsp3) is 0.348. The number of nitrogens with zero attached hydrogens (tertiary/aromatic N) is 4. The molecule has 3 heterocycles. The van der Waals surface area contributed by atoms with Gasteiger partial charge in [0.15, 0.2) is 5.82 Å². The summed E-state index contributed by atoms with van der Waals surface area (Å²) in [6.07, 6.45) is 6.00. The largest absolute Gasteiger partial charge is 0.322 e. The SMILES string of the molecule is CS(=O)(=O)N1CCc2cc(C(=O)Nc3ccc(Cl)c(-c4nnc5n4CCCCC5)c3)ccc21. The molecule has 2 aliphatic rings. The zero-order chi connectivity index (χ0) is 23.2. The van der Waals surface area contributed by atoms with E-state index in [9.17, 15) is 13.2 Å². The van der Waals surface area contributed by atoms with Gasteiger partial charge in [-0.2, -0.15) is 0 Å². The van der Waals surface area contributed by atoms with Crippen LogP contribution in [0.1, 0.15) is 41.0 Å². The number of carbonyl (C=O) groups excluding carboxylic acids is 1. The van der Waals surface area contributed by atoms with E-state index in [1.807, 2.05) is 6.07 Å². The van der Waals surface area contributed by atoms with Crippen molar-refractivity contribution in [1.29, 1.82) is 0 Å². The first kappa shape index (κ1) is 21.9.